The molecular formula is C13H16N2O2. The highest BCUT2D eigenvalue weighted by Gasteiger charge is 2.11. The van der Waals surface area contributed by atoms with Crippen molar-refractivity contribution < 1.29 is 9.90 Å². The summed E-state index contributed by atoms with van der Waals surface area (Å²) >= 11 is 0. The van der Waals surface area contributed by atoms with Crippen LogP contribution >= 0.6 is 0 Å². The Morgan fingerprint density at radius 2 is 2.18 bits per heavy atom. The zero-order chi connectivity index (χ0) is 12.7. The lowest BCUT2D eigenvalue weighted by Crippen LogP contribution is -2.24. The second-order valence-electron chi connectivity index (χ2n) is 3.74. The van der Waals surface area contributed by atoms with Crippen LogP contribution in [0.4, 0.5) is 0 Å². The lowest BCUT2D eigenvalue weighted by molar-refractivity contribution is 0.0694. The van der Waals surface area contributed by atoms with E-state index in [1.807, 2.05) is 19.1 Å². The number of benzene rings is 1. The summed E-state index contributed by atoms with van der Waals surface area (Å²) in [7, 11) is 0. The molecule has 0 aromatic heterocycles. The summed E-state index contributed by atoms with van der Waals surface area (Å²) in [5.74, 6) is -0.906. The van der Waals surface area contributed by atoms with Gasteiger partial charge < -0.3 is 5.11 Å². The predicted octanol–water partition coefficient (Wildman–Crippen LogP) is 2.12. The van der Waals surface area contributed by atoms with E-state index in [-0.39, 0.29) is 0 Å². The molecule has 0 heterocycles. The van der Waals surface area contributed by atoms with Crippen molar-refractivity contribution in [3.8, 4) is 6.07 Å². The number of rotatable bonds is 6. The van der Waals surface area contributed by atoms with Gasteiger partial charge in [-0.2, -0.15) is 5.26 Å². The van der Waals surface area contributed by atoms with E-state index in [0.29, 0.717) is 25.1 Å². The lowest BCUT2D eigenvalue weighted by atomic mass is 10.1. The largest absolute Gasteiger partial charge is 0.478 e. The molecule has 0 radical (unpaired) electrons. The Balaban J connectivity index is 2.79. The molecule has 0 unspecified atom stereocenters. The monoisotopic (exact) mass is 232 g/mol. The minimum atomic E-state index is -0.906. The second kappa shape index (κ2) is 6.66. The topological polar surface area (TPSA) is 64.3 Å². The van der Waals surface area contributed by atoms with E-state index in [0.717, 1.165) is 12.1 Å². The van der Waals surface area contributed by atoms with Gasteiger partial charge in [0.05, 0.1) is 11.6 Å². The first kappa shape index (κ1) is 13.2. The summed E-state index contributed by atoms with van der Waals surface area (Å²) in [5.41, 5.74) is 1.13. The molecule has 1 aromatic carbocycles. The van der Waals surface area contributed by atoms with Gasteiger partial charge in [-0.1, -0.05) is 25.1 Å². The third-order valence-corrected chi connectivity index (χ3v) is 2.63. The SMILES string of the molecule is CCN(CCC#N)Cc1ccccc1C(=O)O. The van der Waals surface area contributed by atoms with Crippen LogP contribution in [-0.2, 0) is 6.54 Å². The molecule has 0 atom stereocenters. The Kier molecular flexibility index (Phi) is 5.18. The molecule has 1 N–H and O–H groups in total. The van der Waals surface area contributed by atoms with Crippen molar-refractivity contribution in [1.82, 2.24) is 4.90 Å². The van der Waals surface area contributed by atoms with Crippen LogP contribution in [-0.4, -0.2) is 29.1 Å². The van der Waals surface area contributed by atoms with Crippen molar-refractivity contribution >= 4 is 5.97 Å². The summed E-state index contributed by atoms with van der Waals surface area (Å²) < 4.78 is 0. The Bertz CT molecular complexity index is 424. The number of aromatic carboxylic acids is 1. The molecule has 0 aliphatic rings. The van der Waals surface area contributed by atoms with Crippen LogP contribution in [0.1, 0.15) is 29.3 Å². The molecule has 0 saturated carbocycles. The van der Waals surface area contributed by atoms with E-state index < -0.39 is 5.97 Å². The normalized spacial score (nSPS) is 10.2. The minimum absolute atomic E-state index is 0.336. The number of hydrogen-bond acceptors (Lipinski definition) is 3. The van der Waals surface area contributed by atoms with Crippen LogP contribution in [0.3, 0.4) is 0 Å². The van der Waals surface area contributed by atoms with Gasteiger partial charge in [0.1, 0.15) is 0 Å². The summed E-state index contributed by atoms with van der Waals surface area (Å²) in [5, 5.41) is 17.6. The highest BCUT2D eigenvalue weighted by atomic mass is 16.4. The highest BCUT2D eigenvalue weighted by Crippen LogP contribution is 2.12. The zero-order valence-corrected chi connectivity index (χ0v) is 9.89. The Labute approximate surface area is 101 Å². The number of carboxylic acid groups (broad SMARTS) is 1. The minimum Gasteiger partial charge on any atom is -0.478 e. The number of carboxylic acids is 1. The molecular weight excluding hydrogens is 216 g/mol. The van der Waals surface area contributed by atoms with E-state index in [1.165, 1.54) is 0 Å². The second-order valence-corrected chi connectivity index (χ2v) is 3.74. The van der Waals surface area contributed by atoms with Gasteiger partial charge in [-0.15, -0.1) is 0 Å². The lowest BCUT2D eigenvalue weighted by Gasteiger charge is -2.19. The Morgan fingerprint density at radius 1 is 1.47 bits per heavy atom. The van der Waals surface area contributed by atoms with E-state index >= 15 is 0 Å². The van der Waals surface area contributed by atoms with Gasteiger partial charge in [0.15, 0.2) is 0 Å². The molecule has 1 rings (SSSR count). The molecule has 0 aliphatic carbocycles. The van der Waals surface area contributed by atoms with Gasteiger partial charge in [-0.05, 0) is 18.2 Å². The Morgan fingerprint density at radius 3 is 2.76 bits per heavy atom. The molecule has 0 spiro atoms. The maximum Gasteiger partial charge on any atom is 0.336 e. The highest BCUT2D eigenvalue weighted by molar-refractivity contribution is 5.89. The smallest absolute Gasteiger partial charge is 0.336 e. The van der Waals surface area contributed by atoms with E-state index in [9.17, 15) is 4.79 Å². The molecule has 17 heavy (non-hydrogen) atoms. The van der Waals surface area contributed by atoms with E-state index in [1.54, 1.807) is 12.1 Å². The third-order valence-electron chi connectivity index (χ3n) is 2.63. The van der Waals surface area contributed by atoms with Gasteiger partial charge in [-0.3, -0.25) is 4.90 Å². The fraction of sp³-hybridized carbons (Fsp3) is 0.385. The van der Waals surface area contributed by atoms with Crippen molar-refractivity contribution in [3.05, 3.63) is 35.4 Å². The van der Waals surface area contributed by atoms with Crippen LogP contribution in [0.15, 0.2) is 24.3 Å². The standard InChI is InChI=1S/C13H16N2O2/c1-2-15(9-5-8-14)10-11-6-3-4-7-12(11)13(16)17/h3-4,6-7H,2,5,9-10H2,1H3,(H,16,17). The van der Waals surface area contributed by atoms with Crippen LogP contribution < -0.4 is 0 Å². The molecule has 90 valence electrons. The number of carbonyl (C=O) groups is 1. The fourth-order valence-electron chi connectivity index (χ4n) is 1.66. The van der Waals surface area contributed by atoms with Gasteiger partial charge in [-0.25, -0.2) is 4.79 Å². The fourth-order valence-corrected chi connectivity index (χ4v) is 1.66. The molecule has 0 saturated heterocycles. The van der Waals surface area contributed by atoms with Crippen LogP contribution in [0, 0.1) is 11.3 Å². The summed E-state index contributed by atoms with van der Waals surface area (Å²) in [6.45, 7) is 4.04. The van der Waals surface area contributed by atoms with Gasteiger partial charge in [0, 0.05) is 19.5 Å². The van der Waals surface area contributed by atoms with Crippen LogP contribution in [0.25, 0.3) is 0 Å². The first-order valence-corrected chi connectivity index (χ1v) is 5.59. The van der Waals surface area contributed by atoms with Crippen LogP contribution in [0.2, 0.25) is 0 Å². The summed E-state index contributed by atoms with van der Waals surface area (Å²) in [6.07, 6.45) is 0.461. The van der Waals surface area contributed by atoms with Crippen molar-refractivity contribution in [2.45, 2.75) is 19.9 Å². The summed E-state index contributed by atoms with van der Waals surface area (Å²) in [6, 6.07) is 9.08. The maximum absolute atomic E-state index is 11.0. The molecule has 0 fully saturated rings. The Hall–Kier alpha value is -1.86. The molecule has 0 aliphatic heterocycles. The number of hydrogen-bond donors (Lipinski definition) is 1. The van der Waals surface area contributed by atoms with E-state index in [2.05, 4.69) is 11.0 Å². The predicted molar refractivity (Wildman–Crippen MR) is 64.6 cm³/mol. The van der Waals surface area contributed by atoms with E-state index in [4.69, 9.17) is 10.4 Å². The molecule has 4 heteroatoms. The van der Waals surface area contributed by atoms with Gasteiger partial charge in [0.25, 0.3) is 0 Å². The third kappa shape index (κ3) is 3.89. The average Bonchev–Trinajstić information content (AvgIpc) is 2.34. The molecule has 1 aromatic rings. The van der Waals surface area contributed by atoms with Gasteiger partial charge >= 0.3 is 5.97 Å². The van der Waals surface area contributed by atoms with Crippen molar-refractivity contribution in [3.63, 3.8) is 0 Å². The number of nitriles is 1. The first-order valence-electron chi connectivity index (χ1n) is 5.59. The summed E-state index contributed by atoms with van der Waals surface area (Å²) in [4.78, 5) is 13.1. The van der Waals surface area contributed by atoms with Crippen molar-refractivity contribution in [2.24, 2.45) is 0 Å². The molecule has 0 bridgehead atoms. The quantitative estimate of drug-likeness (QED) is 0.816. The van der Waals surface area contributed by atoms with Crippen molar-refractivity contribution in [2.75, 3.05) is 13.1 Å². The van der Waals surface area contributed by atoms with Crippen molar-refractivity contribution in [1.29, 1.82) is 5.26 Å². The maximum atomic E-state index is 11.0. The average molecular weight is 232 g/mol. The van der Waals surface area contributed by atoms with Crippen LogP contribution in [0.5, 0.6) is 0 Å². The van der Waals surface area contributed by atoms with Gasteiger partial charge in [0.2, 0.25) is 0 Å². The molecule has 4 nitrogen and oxygen atoms in total. The zero-order valence-electron chi connectivity index (χ0n) is 9.89. The number of nitrogens with zero attached hydrogens (tertiary/aromatic N) is 2. The first-order chi connectivity index (χ1) is 8.19. The molecule has 0 amide bonds.